The van der Waals surface area contributed by atoms with Gasteiger partial charge in [-0.2, -0.15) is 0 Å². The summed E-state index contributed by atoms with van der Waals surface area (Å²) < 4.78 is 25.9. The Labute approximate surface area is 93.9 Å². The van der Waals surface area contributed by atoms with Gasteiger partial charge < -0.3 is 0 Å². The van der Waals surface area contributed by atoms with E-state index in [0.29, 0.717) is 5.56 Å². The van der Waals surface area contributed by atoms with Crippen molar-refractivity contribution in [2.24, 2.45) is 0 Å². The first-order valence-electron chi connectivity index (χ1n) is 4.78. The van der Waals surface area contributed by atoms with Crippen LogP contribution in [0.1, 0.15) is 0 Å². The number of halogens is 2. The van der Waals surface area contributed by atoms with Gasteiger partial charge in [0.1, 0.15) is 11.6 Å². The first kappa shape index (κ1) is 12.1. The average molecular weight is 218 g/mol. The first-order chi connectivity index (χ1) is 7.77. The monoisotopic (exact) mass is 218 g/mol. The summed E-state index contributed by atoms with van der Waals surface area (Å²) >= 11 is 0. The summed E-state index contributed by atoms with van der Waals surface area (Å²) in [5.41, 5.74) is 1.18. The zero-order chi connectivity index (χ0) is 12.0. The molecule has 2 heteroatoms. The first-order valence-corrected chi connectivity index (χ1v) is 4.78. The molecule has 0 fully saturated rings. The molecule has 0 spiro atoms. The molecule has 0 atom stereocenters. The molecule has 0 unspecified atom stereocenters. The molecule has 2 aromatic carbocycles. The molecule has 82 valence electrons. The Kier molecular flexibility index (Phi) is 4.40. The van der Waals surface area contributed by atoms with Crippen LogP contribution in [-0.4, -0.2) is 0 Å². The van der Waals surface area contributed by atoms with E-state index in [0.717, 1.165) is 11.6 Å². The molecule has 0 amide bonds. The number of hydrogen-bond donors (Lipinski definition) is 0. The second-order valence-corrected chi connectivity index (χ2v) is 2.99. The Morgan fingerprint density at radius 3 is 2.00 bits per heavy atom. The fraction of sp³-hybridized carbons (Fsp3) is 0. The normalized spacial score (nSPS) is 9.12. The van der Waals surface area contributed by atoms with E-state index < -0.39 is 11.6 Å². The smallest absolute Gasteiger partial charge is 0.133 e. The molecule has 0 aromatic heterocycles. The molecule has 0 N–H and O–H groups in total. The highest BCUT2D eigenvalue weighted by atomic mass is 19.1. The maximum atomic E-state index is 13.3. The minimum absolute atomic E-state index is 0.423. The fourth-order valence-electron chi connectivity index (χ4n) is 1.34. The van der Waals surface area contributed by atoms with Crippen molar-refractivity contribution in [2.75, 3.05) is 0 Å². The molecule has 2 rings (SSSR count). The number of benzene rings is 2. The van der Waals surface area contributed by atoms with Crippen LogP contribution in [-0.2, 0) is 0 Å². The molecular weight excluding hydrogens is 206 g/mol. The molecule has 16 heavy (non-hydrogen) atoms. The van der Waals surface area contributed by atoms with E-state index in [4.69, 9.17) is 0 Å². The number of rotatable bonds is 1. The van der Waals surface area contributed by atoms with E-state index in [1.807, 2.05) is 18.2 Å². The van der Waals surface area contributed by atoms with Crippen LogP contribution < -0.4 is 0 Å². The fourth-order valence-corrected chi connectivity index (χ4v) is 1.34. The lowest BCUT2D eigenvalue weighted by Crippen LogP contribution is -1.85. The molecule has 0 saturated heterocycles. The van der Waals surface area contributed by atoms with E-state index in [1.54, 1.807) is 12.1 Å². The lowest BCUT2D eigenvalue weighted by atomic mass is 10.1. The minimum atomic E-state index is -0.554. The van der Waals surface area contributed by atoms with Gasteiger partial charge in [-0.25, -0.2) is 8.78 Å². The van der Waals surface area contributed by atoms with Crippen molar-refractivity contribution in [1.82, 2.24) is 0 Å². The predicted octanol–water partition coefficient (Wildman–Crippen LogP) is 4.43. The van der Waals surface area contributed by atoms with Gasteiger partial charge in [-0.3, -0.25) is 0 Å². The predicted molar refractivity (Wildman–Crippen MR) is 63.0 cm³/mol. The Bertz CT molecular complexity index is 450. The van der Waals surface area contributed by atoms with Crippen LogP contribution in [0.25, 0.3) is 11.1 Å². The zero-order valence-electron chi connectivity index (χ0n) is 8.79. The number of hydrogen-bond acceptors (Lipinski definition) is 0. The summed E-state index contributed by atoms with van der Waals surface area (Å²) in [7, 11) is 0. The molecule has 0 aliphatic rings. The van der Waals surface area contributed by atoms with Crippen molar-refractivity contribution < 1.29 is 8.78 Å². The van der Waals surface area contributed by atoms with Crippen molar-refractivity contribution >= 4 is 0 Å². The standard InChI is InChI=1S/C12H8F2.C2H4/c13-10-6-7-11(12(14)8-10)9-4-2-1-3-5-9;1-2/h1-8H;1-2H2. The van der Waals surface area contributed by atoms with Crippen molar-refractivity contribution in [3.05, 3.63) is 73.3 Å². The highest BCUT2D eigenvalue weighted by molar-refractivity contribution is 5.63. The van der Waals surface area contributed by atoms with Crippen LogP contribution in [0.4, 0.5) is 8.78 Å². The van der Waals surface area contributed by atoms with Crippen molar-refractivity contribution in [3.63, 3.8) is 0 Å². The van der Waals surface area contributed by atoms with E-state index in [9.17, 15) is 8.78 Å². The van der Waals surface area contributed by atoms with Crippen molar-refractivity contribution in [3.8, 4) is 11.1 Å². The van der Waals surface area contributed by atoms with Gasteiger partial charge in [0.25, 0.3) is 0 Å². The summed E-state index contributed by atoms with van der Waals surface area (Å²) in [6.07, 6.45) is 0. The van der Waals surface area contributed by atoms with Gasteiger partial charge in [-0.15, -0.1) is 13.2 Å². The van der Waals surface area contributed by atoms with Crippen LogP contribution in [0.3, 0.4) is 0 Å². The molecular formula is C14H12F2. The van der Waals surface area contributed by atoms with Crippen molar-refractivity contribution in [2.45, 2.75) is 0 Å². The summed E-state index contributed by atoms with van der Waals surface area (Å²) in [5, 5.41) is 0. The average Bonchev–Trinajstić information content (AvgIpc) is 2.33. The van der Waals surface area contributed by atoms with Gasteiger partial charge in [0, 0.05) is 11.6 Å². The zero-order valence-corrected chi connectivity index (χ0v) is 8.79. The van der Waals surface area contributed by atoms with Crippen LogP contribution in [0.5, 0.6) is 0 Å². The van der Waals surface area contributed by atoms with Gasteiger partial charge in [0.05, 0.1) is 0 Å². The van der Waals surface area contributed by atoms with Crippen LogP contribution >= 0.6 is 0 Å². The second kappa shape index (κ2) is 5.81. The van der Waals surface area contributed by atoms with Gasteiger partial charge in [0.15, 0.2) is 0 Å². The van der Waals surface area contributed by atoms with Crippen LogP contribution in [0.2, 0.25) is 0 Å². The largest absolute Gasteiger partial charge is 0.207 e. The summed E-state index contributed by atoms with van der Waals surface area (Å²) in [5.74, 6) is -1.08. The van der Waals surface area contributed by atoms with Crippen molar-refractivity contribution in [1.29, 1.82) is 0 Å². The van der Waals surface area contributed by atoms with E-state index in [-0.39, 0.29) is 0 Å². The molecule has 0 aliphatic heterocycles. The SMILES string of the molecule is C=C.Fc1ccc(-c2ccccc2)c(F)c1. The molecule has 0 nitrogen and oxygen atoms in total. The van der Waals surface area contributed by atoms with Gasteiger partial charge >= 0.3 is 0 Å². The molecule has 0 radical (unpaired) electrons. The topological polar surface area (TPSA) is 0 Å². The summed E-state index contributed by atoms with van der Waals surface area (Å²) in [4.78, 5) is 0. The van der Waals surface area contributed by atoms with Gasteiger partial charge in [-0.05, 0) is 17.7 Å². The van der Waals surface area contributed by atoms with Gasteiger partial charge in [-0.1, -0.05) is 30.3 Å². The quantitative estimate of drug-likeness (QED) is 0.621. The molecule has 2 aromatic rings. The highest BCUT2D eigenvalue weighted by Gasteiger charge is 2.04. The Hall–Kier alpha value is -1.96. The maximum absolute atomic E-state index is 13.3. The molecule has 0 aliphatic carbocycles. The van der Waals surface area contributed by atoms with Crippen LogP contribution in [0.15, 0.2) is 61.7 Å². The summed E-state index contributed by atoms with van der Waals surface area (Å²) in [6.45, 7) is 6.00. The lowest BCUT2D eigenvalue weighted by Gasteiger charge is -2.02. The van der Waals surface area contributed by atoms with E-state index in [2.05, 4.69) is 13.2 Å². The Morgan fingerprint density at radius 2 is 1.44 bits per heavy atom. The van der Waals surface area contributed by atoms with E-state index in [1.165, 1.54) is 12.1 Å². The maximum Gasteiger partial charge on any atom is 0.133 e. The third-order valence-corrected chi connectivity index (χ3v) is 2.02. The van der Waals surface area contributed by atoms with E-state index >= 15 is 0 Å². The highest BCUT2D eigenvalue weighted by Crippen LogP contribution is 2.22. The molecule has 0 bridgehead atoms. The van der Waals surface area contributed by atoms with Crippen LogP contribution in [0, 0.1) is 11.6 Å². The lowest BCUT2D eigenvalue weighted by molar-refractivity contribution is 0.585. The molecule has 0 saturated carbocycles. The Balaban J connectivity index is 0.000000606. The third-order valence-electron chi connectivity index (χ3n) is 2.02. The summed E-state index contributed by atoms with van der Waals surface area (Å²) in [6, 6.07) is 12.7. The molecule has 0 heterocycles. The third kappa shape index (κ3) is 2.76. The second-order valence-electron chi connectivity index (χ2n) is 2.99. The minimum Gasteiger partial charge on any atom is -0.207 e. The Morgan fingerprint density at radius 1 is 0.812 bits per heavy atom. The van der Waals surface area contributed by atoms with Gasteiger partial charge in [0.2, 0.25) is 0 Å².